The van der Waals surface area contributed by atoms with Gasteiger partial charge >= 0.3 is 0 Å². The standard InChI is InChI=1S/C11H17N3O2/c1-7(2)16-6-10(15)9-3-8(4-12)11(13)14-5-9/h3-5,7,10,12,15H,6H2,1-2H3,(H2,13,14). The summed E-state index contributed by atoms with van der Waals surface area (Å²) in [5, 5.41) is 16.9. The number of aliphatic hydroxyl groups excluding tert-OH is 1. The Labute approximate surface area is 94.8 Å². The Hall–Kier alpha value is -1.46. The van der Waals surface area contributed by atoms with Gasteiger partial charge in [0, 0.05) is 23.5 Å². The smallest absolute Gasteiger partial charge is 0.132 e. The second-order valence-electron chi connectivity index (χ2n) is 3.79. The summed E-state index contributed by atoms with van der Waals surface area (Å²) in [5.74, 6) is 0.288. The highest BCUT2D eigenvalue weighted by atomic mass is 16.5. The fourth-order valence-electron chi connectivity index (χ4n) is 1.19. The Kier molecular flexibility index (Phi) is 4.39. The lowest BCUT2D eigenvalue weighted by molar-refractivity contribution is 0.00481. The van der Waals surface area contributed by atoms with E-state index in [4.69, 9.17) is 15.9 Å². The quantitative estimate of drug-likeness (QED) is 0.652. The van der Waals surface area contributed by atoms with E-state index in [0.717, 1.165) is 6.21 Å². The van der Waals surface area contributed by atoms with Gasteiger partial charge in [-0.25, -0.2) is 4.98 Å². The van der Waals surface area contributed by atoms with E-state index in [1.54, 1.807) is 6.07 Å². The number of nitrogens with one attached hydrogen (secondary N) is 1. The lowest BCUT2D eigenvalue weighted by atomic mass is 10.1. The normalized spacial score (nSPS) is 12.8. The van der Waals surface area contributed by atoms with Crippen LogP contribution in [0.3, 0.4) is 0 Å². The first kappa shape index (κ1) is 12.6. The summed E-state index contributed by atoms with van der Waals surface area (Å²) in [7, 11) is 0. The Morgan fingerprint density at radius 2 is 2.31 bits per heavy atom. The molecule has 0 radical (unpaired) electrons. The minimum atomic E-state index is -0.741. The first-order valence-electron chi connectivity index (χ1n) is 5.10. The van der Waals surface area contributed by atoms with Crippen LogP contribution in [-0.4, -0.2) is 29.0 Å². The number of ether oxygens (including phenoxy) is 1. The van der Waals surface area contributed by atoms with Crippen molar-refractivity contribution in [3.8, 4) is 0 Å². The highest BCUT2D eigenvalue weighted by Gasteiger charge is 2.11. The number of aromatic nitrogens is 1. The molecule has 1 atom stereocenters. The zero-order valence-electron chi connectivity index (χ0n) is 9.47. The maximum atomic E-state index is 9.80. The summed E-state index contributed by atoms with van der Waals surface area (Å²) >= 11 is 0. The third-order valence-corrected chi connectivity index (χ3v) is 2.10. The van der Waals surface area contributed by atoms with Crippen LogP contribution in [0.5, 0.6) is 0 Å². The average Bonchev–Trinajstić information content (AvgIpc) is 2.26. The predicted octanol–water partition coefficient (Wildman–Crippen LogP) is 1.12. The minimum Gasteiger partial charge on any atom is -0.386 e. The Balaban J connectivity index is 2.75. The first-order valence-corrected chi connectivity index (χ1v) is 5.10. The highest BCUT2D eigenvalue weighted by Crippen LogP contribution is 2.16. The maximum Gasteiger partial charge on any atom is 0.132 e. The van der Waals surface area contributed by atoms with E-state index >= 15 is 0 Å². The number of rotatable bonds is 5. The molecule has 0 aliphatic heterocycles. The van der Waals surface area contributed by atoms with E-state index in [1.807, 2.05) is 13.8 Å². The lowest BCUT2D eigenvalue weighted by Crippen LogP contribution is -2.12. The lowest BCUT2D eigenvalue weighted by Gasteiger charge is -2.14. The summed E-state index contributed by atoms with van der Waals surface area (Å²) < 4.78 is 5.30. The van der Waals surface area contributed by atoms with Crippen LogP contribution < -0.4 is 5.73 Å². The molecule has 1 heterocycles. The van der Waals surface area contributed by atoms with Crippen LogP contribution in [0.1, 0.15) is 31.1 Å². The van der Waals surface area contributed by atoms with Gasteiger partial charge < -0.3 is 21.0 Å². The fraction of sp³-hybridized carbons (Fsp3) is 0.455. The van der Waals surface area contributed by atoms with Crippen molar-refractivity contribution in [3.05, 3.63) is 23.4 Å². The zero-order valence-corrected chi connectivity index (χ0v) is 9.47. The van der Waals surface area contributed by atoms with Gasteiger partial charge in [-0.05, 0) is 19.9 Å². The molecule has 0 bridgehead atoms. The second kappa shape index (κ2) is 5.58. The van der Waals surface area contributed by atoms with Crippen molar-refractivity contribution in [2.24, 2.45) is 0 Å². The van der Waals surface area contributed by atoms with E-state index in [2.05, 4.69) is 4.98 Å². The SMILES string of the molecule is CC(C)OCC(O)c1cnc(N)c(C=N)c1. The zero-order chi connectivity index (χ0) is 12.1. The number of nitrogens with two attached hydrogens (primary N) is 1. The van der Waals surface area contributed by atoms with Crippen LogP contribution in [0.4, 0.5) is 5.82 Å². The van der Waals surface area contributed by atoms with Crippen LogP contribution in [0.2, 0.25) is 0 Å². The monoisotopic (exact) mass is 223 g/mol. The van der Waals surface area contributed by atoms with Crippen LogP contribution in [0.15, 0.2) is 12.3 Å². The van der Waals surface area contributed by atoms with E-state index in [0.29, 0.717) is 11.1 Å². The van der Waals surface area contributed by atoms with Crippen molar-refractivity contribution in [1.29, 1.82) is 5.41 Å². The van der Waals surface area contributed by atoms with Gasteiger partial charge in [-0.1, -0.05) is 0 Å². The third kappa shape index (κ3) is 3.29. The van der Waals surface area contributed by atoms with Crippen LogP contribution >= 0.6 is 0 Å². The number of hydrogen-bond acceptors (Lipinski definition) is 5. The van der Waals surface area contributed by atoms with Crippen molar-refractivity contribution in [2.45, 2.75) is 26.1 Å². The molecular formula is C11H17N3O2. The number of nitrogen functional groups attached to an aromatic ring is 1. The molecule has 5 heteroatoms. The largest absolute Gasteiger partial charge is 0.386 e. The van der Waals surface area contributed by atoms with Crippen molar-refractivity contribution in [3.63, 3.8) is 0 Å². The molecule has 0 spiro atoms. The van der Waals surface area contributed by atoms with Crippen LogP contribution in [0.25, 0.3) is 0 Å². The van der Waals surface area contributed by atoms with E-state index < -0.39 is 6.10 Å². The van der Waals surface area contributed by atoms with Gasteiger partial charge in [0.1, 0.15) is 11.9 Å². The summed E-state index contributed by atoms with van der Waals surface area (Å²) in [4.78, 5) is 3.91. The molecule has 0 fully saturated rings. The van der Waals surface area contributed by atoms with Gasteiger partial charge in [0.2, 0.25) is 0 Å². The first-order chi connectivity index (χ1) is 7.54. The van der Waals surface area contributed by atoms with E-state index in [1.165, 1.54) is 6.20 Å². The number of anilines is 1. The molecule has 0 aliphatic rings. The van der Waals surface area contributed by atoms with Gasteiger partial charge in [-0.3, -0.25) is 0 Å². The summed E-state index contributed by atoms with van der Waals surface area (Å²) in [6.45, 7) is 4.01. The molecular weight excluding hydrogens is 206 g/mol. The summed E-state index contributed by atoms with van der Waals surface area (Å²) in [5.41, 5.74) is 6.65. The Bertz CT molecular complexity index is 366. The van der Waals surface area contributed by atoms with Crippen LogP contribution in [-0.2, 0) is 4.74 Å². The molecule has 4 N–H and O–H groups in total. The molecule has 1 aromatic heterocycles. The molecule has 16 heavy (non-hydrogen) atoms. The topological polar surface area (TPSA) is 92.2 Å². The van der Waals surface area contributed by atoms with E-state index in [9.17, 15) is 5.11 Å². The number of hydrogen-bond donors (Lipinski definition) is 3. The Morgan fingerprint density at radius 3 is 2.88 bits per heavy atom. The molecule has 0 amide bonds. The predicted molar refractivity (Wildman–Crippen MR) is 62.6 cm³/mol. The third-order valence-electron chi connectivity index (χ3n) is 2.10. The van der Waals surface area contributed by atoms with Gasteiger partial charge in [0.25, 0.3) is 0 Å². The molecule has 88 valence electrons. The maximum absolute atomic E-state index is 9.80. The summed E-state index contributed by atoms with van der Waals surface area (Å²) in [6, 6.07) is 1.64. The summed E-state index contributed by atoms with van der Waals surface area (Å²) in [6.07, 6.45) is 1.94. The van der Waals surface area contributed by atoms with Crippen molar-refractivity contribution in [1.82, 2.24) is 4.98 Å². The van der Waals surface area contributed by atoms with Gasteiger partial charge in [-0.15, -0.1) is 0 Å². The molecule has 0 aromatic carbocycles. The van der Waals surface area contributed by atoms with Crippen molar-refractivity contribution < 1.29 is 9.84 Å². The Morgan fingerprint density at radius 1 is 1.62 bits per heavy atom. The number of pyridine rings is 1. The molecule has 0 saturated heterocycles. The van der Waals surface area contributed by atoms with E-state index in [-0.39, 0.29) is 18.5 Å². The van der Waals surface area contributed by atoms with Crippen molar-refractivity contribution >= 4 is 12.0 Å². The highest BCUT2D eigenvalue weighted by molar-refractivity contribution is 5.83. The molecule has 0 saturated carbocycles. The average molecular weight is 223 g/mol. The number of nitrogens with zero attached hydrogens (tertiary/aromatic N) is 1. The van der Waals surface area contributed by atoms with Crippen LogP contribution in [0, 0.1) is 5.41 Å². The van der Waals surface area contributed by atoms with Crippen molar-refractivity contribution in [2.75, 3.05) is 12.3 Å². The molecule has 1 aromatic rings. The van der Waals surface area contributed by atoms with Gasteiger partial charge in [-0.2, -0.15) is 0 Å². The van der Waals surface area contributed by atoms with Gasteiger partial charge in [0.05, 0.1) is 12.7 Å². The molecule has 0 aliphatic carbocycles. The minimum absolute atomic E-state index is 0.0681. The second-order valence-corrected chi connectivity index (χ2v) is 3.79. The molecule has 5 nitrogen and oxygen atoms in total. The molecule has 1 rings (SSSR count). The number of aliphatic hydroxyl groups is 1. The fourth-order valence-corrected chi connectivity index (χ4v) is 1.19. The van der Waals surface area contributed by atoms with Gasteiger partial charge in [0.15, 0.2) is 0 Å². The molecule has 1 unspecified atom stereocenters.